The Hall–Kier alpha value is -1.92. The first kappa shape index (κ1) is 23.4. The van der Waals surface area contributed by atoms with Crippen molar-refractivity contribution in [2.24, 2.45) is 17.4 Å². The summed E-state index contributed by atoms with van der Waals surface area (Å²) in [5, 5.41) is 22.7. The number of aliphatic hydroxyl groups excluding tert-OH is 2. The molecule has 0 aromatic rings. The largest absolute Gasteiger partial charge is 0.391 e. The highest BCUT2D eigenvalue weighted by Crippen LogP contribution is 2.26. The van der Waals surface area contributed by atoms with E-state index in [9.17, 15) is 29.4 Å². The van der Waals surface area contributed by atoms with Gasteiger partial charge >= 0.3 is 0 Å². The number of aldehydes is 1. The van der Waals surface area contributed by atoms with E-state index in [2.05, 4.69) is 5.32 Å². The first-order chi connectivity index (χ1) is 13.6. The van der Waals surface area contributed by atoms with Gasteiger partial charge in [-0.3, -0.25) is 29.8 Å². The highest BCUT2D eigenvalue weighted by atomic mass is 16.3. The molecule has 3 amide bonds. The van der Waals surface area contributed by atoms with Gasteiger partial charge in [0.1, 0.15) is 12.1 Å². The van der Waals surface area contributed by atoms with E-state index in [1.165, 1.54) is 18.7 Å². The predicted molar refractivity (Wildman–Crippen MR) is 102 cm³/mol. The molecule has 2 aliphatic rings. The maximum Gasteiger partial charge on any atom is 0.253 e. The van der Waals surface area contributed by atoms with Gasteiger partial charge in [-0.25, -0.2) is 0 Å². The molecule has 2 saturated heterocycles. The van der Waals surface area contributed by atoms with E-state index < -0.39 is 53.6 Å². The van der Waals surface area contributed by atoms with Gasteiger partial charge in [-0.1, -0.05) is 0 Å². The van der Waals surface area contributed by atoms with Crippen LogP contribution in [-0.4, -0.2) is 93.6 Å². The smallest absolute Gasteiger partial charge is 0.253 e. The summed E-state index contributed by atoms with van der Waals surface area (Å²) < 4.78 is 0. The summed E-state index contributed by atoms with van der Waals surface area (Å²) >= 11 is 0. The lowest BCUT2D eigenvalue weighted by atomic mass is 9.98. The molecule has 29 heavy (non-hydrogen) atoms. The van der Waals surface area contributed by atoms with Gasteiger partial charge in [0.2, 0.25) is 11.8 Å². The van der Waals surface area contributed by atoms with E-state index in [1.54, 1.807) is 0 Å². The SMILES string of the molecule is C[C@@H](O)[C@H](N)C(=O)N1CCC[C@@H]1C(=O)N(C(=O)[C@H]1CCNC1)[C@](N)(C=O)[C@@H](C)O. The fourth-order valence-corrected chi connectivity index (χ4v) is 3.71. The monoisotopic (exact) mass is 413 g/mol. The lowest BCUT2D eigenvalue weighted by molar-refractivity contribution is -0.166. The van der Waals surface area contributed by atoms with Crippen LogP contribution in [0.1, 0.15) is 33.1 Å². The average Bonchev–Trinajstić information content (AvgIpc) is 3.37. The van der Waals surface area contributed by atoms with Crippen LogP contribution in [-0.2, 0) is 19.2 Å². The predicted octanol–water partition coefficient (Wildman–Crippen LogP) is -3.12. The minimum absolute atomic E-state index is 0.179. The van der Waals surface area contributed by atoms with Gasteiger partial charge in [0.05, 0.1) is 18.1 Å². The third kappa shape index (κ3) is 4.48. The van der Waals surface area contributed by atoms with Crippen LogP contribution in [0.5, 0.6) is 0 Å². The minimum Gasteiger partial charge on any atom is -0.391 e. The van der Waals surface area contributed by atoms with E-state index >= 15 is 0 Å². The van der Waals surface area contributed by atoms with Crippen molar-refractivity contribution in [2.45, 2.75) is 63.1 Å². The lowest BCUT2D eigenvalue weighted by Crippen LogP contribution is -2.70. The van der Waals surface area contributed by atoms with E-state index in [1.807, 2.05) is 0 Å². The molecule has 0 aromatic carbocycles. The molecule has 11 heteroatoms. The van der Waals surface area contributed by atoms with Crippen LogP contribution in [0, 0.1) is 5.92 Å². The van der Waals surface area contributed by atoms with Gasteiger partial charge in [-0.15, -0.1) is 0 Å². The van der Waals surface area contributed by atoms with Crippen molar-refractivity contribution in [1.29, 1.82) is 0 Å². The number of amides is 3. The number of hydrogen-bond donors (Lipinski definition) is 5. The van der Waals surface area contributed by atoms with Crippen LogP contribution < -0.4 is 16.8 Å². The molecule has 2 fully saturated rings. The molecule has 2 rings (SSSR count). The number of hydrogen-bond acceptors (Lipinski definition) is 9. The topological polar surface area (TPSA) is 179 Å². The molecular weight excluding hydrogens is 382 g/mol. The summed E-state index contributed by atoms with van der Waals surface area (Å²) in [6, 6.07) is -2.29. The summed E-state index contributed by atoms with van der Waals surface area (Å²) in [4.78, 5) is 52.8. The quantitative estimate of drug-likeness (QED) is 0.164. The standard InChI is InChI=1S/C18H31N5O6/c1-10(25)14(19)17(29)22-7-3-4-13(22)16(28)23(18(20,9-24)11(2)26)15(27)12-5-6-21-8-12/h9-14,21,25-26H,3-8,19-20H2,1-2H3/t10-,11-,12+,13-,14+,18-/m1/s1. The summed E-state index contributed by atoms with van der Waals surface area (Å²) in [5.74, 6) is -2.71. The van der Waals surface area contributed by atoms with Crippen molar-refractivity contribution in [3.8, 4) is 0 Å². The Morgan fingerprint density at radius 3 is 2.38 bits per heavy atom. The van der Waals surface area contributed by atoms with Crippen molar-refractivity contribution in [3.63, 3.8) is 0 Å². The molecule has 0 saturated carbocycles. The first-order valence-electron chi connectivity index (χ1n) is 9.82. The molecule has 2 aliphatic heterocycles. The summed E-state index contributed by atoms with van der Waals surface area (Å²) in [5.41, 5.74) is 9.50. The Morgan fingerprint density at radius 1 is 1.24 bits per heavy atom. The molecule has 6 atom stereocenters. The van der Waals surface area contributed by atoms with Crippen LogP contribution in [0.25, 0.3) is 0 Å². The first-order valence-corrected chi connectivity index (χ1v) is 9.82. The molecule has 164 valence electrons. The molecule has 0 aromatic heterocycles. The number of carbonyl (C=O) groups excluding carboxylic acids is 4. The summed E-state index contributed by atoms with van der Waals surface area (Å²) in [7, 11) is 0. The number of likely N-dealkylation sites (tertiary alicyclic amines) is 1. The molecule has 11 nitrogen and oxygen atoms in total. The van der Waals surface area contributed by atoms with Gasteiger partial charge in [0, 0.05) is 13.1 Å². The van der Waals surface area contributed by atoms with Crippen molar-refractivity contribution in [2.75, 3.05) is 19.6 Å². The van der Waals surface area contributed by atoms with Crippen molar-refractivity contribution >= 4 is 24.0 Å². The van der Waals surface area contributed by atoms with Crippen LogP contribution in [0.15, 0.2) is 0 Å². The number of carbonyl (C=O) groups is 4. The van der Waals surface area contributed by atoms with Crippen molar-refractivity contribution in [3.05, 3.63) is 0 Å². The fourth-order valence-electron chi connectivity index (χ4n) is 3.71. The molecule has 0 aliphatic carbocycles. The zero-order valence-corrected chi connectivity index (χ0v) is 16.8. The van der Waals surface area contributed by atoms with E-state index in [0.29, 0.717) is 30.8 Å². The zero-order valence-electron chi connectivity index (χ0n) is 16.8. The third-order valence-electron chi connectivity index (χ3n) is 5.72. The summed E-state index contributed by atoms with van der Waals surface area (Å²) in [6.07, 6.45) is -1.28. The highest BCUT2D eigenvalue weighted by molar-refractivity contribution is 6.03. The lowest BCUT2D eigenvalue weighted by Gasteiger charge is -2.41. The highest BCUT2D eigenvalue weighted by Gasteiger charge is 2.50. The Kier molecular flexibility index (Phi) is 7.46. The average molecular weight is 413 g/mol. The van der Waals surface area contributed by atoms with Crippen LogP contribution >= 0.6 is 0 Å². The maximum absolute atomic E-state index is 13.4. The number of rotatable bonds is 7. The second-order valence-electron chi connectivity index (χ2n) is 7.84. The number of aliphatic hydroxyl groups is 2. The van der Waals surface area contributed by atoms with Crippen molar-refractivity contribution in [1.82, 2.24) is 15.1 Å². The molecule has 2 heterocycles. The zero-order chi connectivity index (χ0) is 21.9. The van der Waals surface area contributed by atoms with Crippen LogP contribution in [0.2, 0.25) is 0 Å². The van der Waals surface area contributed by atoms with Gasteiger partial charge < -0.3 is 26.2 Å². The van der Waals surface area contributed by atoms with E-state index in [-0.39, 0.29) is 19.3 Å². The molecular formula is C18H31N5O6. The normalized spacial score (nSPS) is 27.0. The maximum atomic E-state index is 13.4. The number of nitrogens with two attached hydrogens (primary N) is 2. The Bertz CT molecular complexity index is 651. The Balaban J connectivity index is 2.39. The molecule has 7 N–H and O–H groups in total. The molecule has 0 bridgehead atoms. The number of nitrogens with zero attached hydrogens (tertiary/aromatic N) is 2. The Morgan fingerprint density at radius 2 is 1.90 bits per heavy atom. The fraction of sp³-hybridized carbons (Fsp3) is 0.778. The van der Waals surface area contributed by atoms with Gasteiger partial charge in [0.15, 0.2) is 11.9 Å². The molecule has 0 unspecified atom stereocenters. The van der Waals surface area contributed by atoms with Gasteiger partial charge in [-0.2, -0.15) is 0 Å². The molecule has 0 spiro atoms. The van der Waals surface area contributed by atoms with Crippen LogP contribution in [0.3, 0.4) is 0 Å². The summed E-state index contributed by atoms with van der Waals surface area (Å²) in [6.45, 7) is 3.69. The second-order valence-corrected chi connectivity index (χ2v) is 7.84. The van der Waals surface area contributed by atoms with Crippen molar-refractivity contribution < 1.29 is 29.4 Å². The van der Waals surface area contributed by atoms with Gasteiger partial charge in [-0.05, 0) is 39.7 Å². The minimum atomic E-state index is -2.26. The molecule has 0 radical (unpaired) electrons. The third-order valence-corrected chi connectivity index (χ3v) is 5.72. The Labute approximate surface area is 169 Å². The van der Waals surface area contributed by atoms with E-state index in [0.717, 1.165) is 0 Å². The second kappa shape index (κ2) is 9.26. The number of nitrogens with one attached hydrogen (secondary N) is 1. The van der Waals surface area contributed by atoms with Crippen LogP contribution in [0.4, 0.5) is 0 Å². The van der Waals surface area contributed by atoms with Gasteiger partial charge in [0.25, 0.3) is 5.91 Å². The number of imide groups is 1. The van der Waals surface area contributed by atoms with E-state index in [4.69, 9.17) is 11.5 Å².